The SMILES string of the molecule is Fc1cccc(Cn2ccc3ccc(Br)cc32)c1Cl. The number of halogens is 3. The first-order chi connectivity index (χ1) is 9.15. The molecule has 0 aliphatic rings. The molecule has 0 saturated carbocycles. The summed E-state index contributed by atoms with van der Waals surface area (Å²) in [5.41, 5.74) is 1.87. The van der Waals surface area contributed by atoms with Crippen molar-refractivity contribution in [3.05, 3.63) is 69.5 Å². The Labute approximate surface area is 123 Å². The second-order valence-corrected chi connectivity index (χ2v) is 5.65. The van der Waals surface area contributed by atoms with Gasteiger partial charge in [0.1, 0.15) is 5.82 Å². The normalized spacial score (nSPS) is 11.1. The van der Waals surface area contributed by atoms with Crippen LogP contribution in [-0.2, 0) is 6.54 Å². The van der Waals surface area contributed by atoms with Crippen molar-refractivity contribution in [1.29, 1.82) is 0 Å². The molecule has 4 heteroatoms. The van der Waals surface area contributed by atoms with Crippen LogP contribution in [0.3, 0.4) is 0 Å². The molecule has 0 atom stereocenters. The lowest BCUT2D eigenvalue weighted by Gasteiger charge is -2.08. The highest BCUT2D eigenvalue weighted by molar-refractivity contribution is 9.10. The first-order valence-corrected chi connectivity index (χ1v) is 6.99. The molecule has 1 nitrogen and oxygen atoms in total. The minimum Gasteiger partial charge on any atom is -0.343 e. The maximum Gasteiger partial charge on any atom is 0.142 e. The second-order valence-electron chi connectivity index (χ2n) is 4.36. The minimum absolute atomic E-state index is 0.194. The summed E-state index contributed by atoms with van der Waals surface area (Å²) >= 11 is 9.46. The summed E-state index contributed by atoms with van der Waals surface area (Å²) in [6.45, 7) is 0.552. The number of fused-ring (bicyclic) bond motifs is 1. The van der Waals surface area contributed by atoms with E-state index in [2.05, 4.69) is 20.5 Å². The molecule has 0 fully saturated rings. The molecule has 0 unspecified atom stereocenters. The Morgan fingerprint density at radius 1 is 1.16 bits per heavy atom. The Kier molecular flexibility index (Phi) is 3.33. The van der Waals surface area contributed by atoms with Gasteiger partial charge in [-0.15, -0.1) is 0 Å². The predicted octanol–water partition coefficient (Wildman–Crippen LogP) is 5.24. The quantitative estimate of drug-likeness (QED) is 0.602. The monoisotopic (exact) mass is 337 g/mol. The third kappa shape index (κ3) is 2.40. The molecule has 19 heavy (non-hydrogen) atoms. The molecule has 0 aliphatic heterocycles. The van der Waals surface area contributed by atoms with Crippen molar-refractivity contribution in [3.8, 4) is 0 Å². The molecule has 2 aromatic carbocycles. The fourth-order valence-electron chi connectivity index (χ4n) is 2.15. The number of aromatic nitrogens is 1. The van der Waals surface area contributed by atoms with Crippen LogP contribution in [0.25, 0.3) is 10.9 Å². The van der Waals surface area contributed by atoms with Crippen LogP contribution in [0.1, 0.15) is 5.56 Å². The van der Waals surface area contributed by atoms with Gasteiger partial charge in [0, 0.05) is 22.7 Å². The van der Waals surface area contributed by atoms with Gasteiger partial charge >= 0.3 is 0 Å². The van der Waals surface area contributed by atoms with Crippen molar-refractivity contribution in [2.75, 3.05) is 0 Å². The first-order valence-electron chi connectivity index (χ1n) is 5.82. The molecule has 0 N–H and O–H groups in total. The number of rotatable bonds is 2. The summed E-state index contributed by atoms with van der Waals surface area (Å²) in [5, 5.41) is 1.34. The van der Waals surface area contributed by atoms with Gasteiger partial charge in [0.05, 0.1) is 5.02 Å². The van der Waals surface area contributed by atoms with Crippen LogP contribution in [0.15, 0.2) is 53.1 Å². The third-order valence-electron chi connectivity index (χ3n) is 3.11. The van der Waals surface area contributed by atoms with Crippen LogP contribution in [0.2, 0.25) is 5.02 Å². The largest absolute Gasteiger partial charge is 0.343 e. The van der Waals surface area contributed by atoms with Crippen LogP contribution in [0, 0.1) is 5.82 Å². The maximum absolute atomic E-state index is 13.4. The summed E-state index contributed by atoms with van der Waals surface area (Å²) in [5.74, 6) is -0.378. The Hall–Kier alpha value is -1.32. The third-order valence-corrected chi connectivity index (χ3v) is 4.02. The van der Waals surface area contributed by atoms with Crippen LogP contribution in [0.4, 0.5) is 4.39 Å². The molecular formula is C15H10BrClFN. The lowest BCUT2D eigenvalue weighted by Crippen LogP contribution is -1.99. The smallest absolute Gasteiger partial charge is 0.142 e. The number of benzene rings is 2. The van der Waals surface area contributed by atoms with Gasteiger partial charge in [-0.2, -0.15) is 0 Å². The van der Waals surface area contributed by atoms with Gasteiger partial charge in [0.25, 0.3) is 0 Å². The summed E-state index contributed by atoms with van der Waals surface area (Å²) < 4.78 is 16.5. The molecule has 0 radical (unpaired) electrons. The second kappa shape index (κ2) is 4.99. The molecule has 0 spiro atoms. The van der Waals surface area contributed by atoms with Crippen molar-refractivity contribution in [3.63, 3.8) is 0 Å². The van der Waals surface area contributed by atoms with Gasteiger partial charge in [0.2, 0.25) is 0 Å². The molecule has 3 rings (SSSR count). The average Bonchev–Trinajstić information content (AvgIpc) is 2.78. The zero-order valence-corrected chi connectivity index (χ0v) is 12.2. The fourth-order valence-corrected chi connectivity index (χ4v) is 2.68. The molecule has 0 aliphatic carbocycles. The predicted molar refractivity (Wildman–Crippen MR) is 80.2 cm³/mol. The molecule has 0 amide bonds. The van der Waals surface area contributed by atoms with E-state index in [4.69, 9.17) is 11.6 Å². The van der Waals surface area contributed by atoms with Gasteiger partial charge in [-0.3, -0.25) is 0 Å². The molecule has 96 valence electrons. The Morgan fingerprint density at radius 3 is 2.84 bits per heavy atom. The number of nitrogens with zero attached hydrogens (tertiary/aromatic N) is 1. The highest BCUT2D eigenvalue weighted by Gasteiger charge is 2.08. The fraction of sp³-hybridized carbons (Fsp3) is 0.0667. The van der Waals surface area contributed by atoms with Gasteiger partial charge in [-0.05, 0) is 35.2 Å². The highest BCUT2D eigenvalue weighted by Crippen LogP contribution is 2.25. The molecule has 1 aromatic heterocycles. The van der Waals surface area contributed by atoms with Gasteiger partial charge in [-0.1, -0.05) is 45.7 Å². The van der Waals surface area contributed by atoms with E-state index in [1.165, 1.54) is 6.07 Å². The summed E-state index contributed by atoms with van der Waals surface area (Å²) in [7, 11) is 0. The molecule has 3 aromatic rings. The van der Waals surface area contributed by atoms with Crippen molar-refractivity contribution in [1.82, 2.24) is 4.57 Å². The van der Waals surface area contributed by atoms with Gasteiger partial charge < -0.3 is 4.57 Å². The van der Waals surface area contributed by atoms with E-state index < -0.39 is 0 Å². The van der Waals surface area contributed by atoms with E-state index >= 15 is 0 Å². The number of hydrogen-bond donors (Lipinski definition) is 0. The lowest BCUT2D eigenvalue weighted by atomic mass is 10.2. The minimum atomic E-state index is -0.378. The van der Waals surface area contributed by atoms with Crippen LogP contribution < -0.4 is 0 Å². The Balaban J connectivity index is 2.06. The van der Waals surface area contributed by atoms with Gasteiger partial charge in [0.15, 0.2) is 0 Å². The Bertz CT molecular complexity index is 751. The van der Waals surface area contributed by atoms with E-state index in [1.54, 1.807) is 6.07 Å². The maximum atomic E-state index is 13.4. The van der Waals surface area contributed by atoms with Crippen LogP contribution >= 0.6 is 27.5 Å². The summed E-state index contributed by atoms with van der Waals surface area (Å²) in [6.07, 6.45) is 1.98. The van der Waals surface area contributed by atoms with Crippen LogP contribution in [-0.4, -0.2) is 4.57 Å². The molecular weight excluding hydrogens is 329 g/mol. The van der Waals surface area contributed by atoms with Gasteiger partial charge in [-0.25, -0.2) is 4.39 Å². The van der Waals surface area contributed by atoms with E-state index in [0.29, 0.717) is 6.54 Å². The van der Waals surface area contributed by atoms with E-state index in [-0.39, 0.29) is 10.8 Å². The highest BCUT2D eigenvalue weighted by atomic mass is 79.9. The number of hydrogen-bond acceptors (Lipinski definition) is 0. The summed E-state index contributed by atoms with van der Waals surface area (Å²) in [4.78, 5) is 0. The standard InChI is InChI=1S/C15H10BrClFN/c16-12-5-4-10-6-7-19(14(10)8-12)9-11-2-1-3-13(18)15(11)17/h1-8H,9H2. The van der Waals surface area contributed by atoms with E-state index in [1.807, 2.05) is 36.5 Å². The zero-order valence-electron chi connectivity index (χ0n) is 9.91. The topological polar surface area (TPSA) is 4.93 Å². The average molecular weight is 339 g/mol. The van der Waals surface area contributed by atoms with Crippen molar-refractivity contribution < 1.29 is 4.39 Å². The van der Waals surface area contributed by atoms with Crippen molar-refractivity contribution in [2.24, 2.45) is 0 Å². The zero-order chi connectivity index (χ0) is 13.4. The molecule has 0 bridgehead atoms. The summed E-state index contributed by atoms with van der Waals surface area (Å²) in [6, 6.07) is 13.0. The first kappa shape index (κ1) is 12.7. The molecule has 1 heterocycles. The van der Waals surface area contributed by atoms with Crippen molar-refractivity contribution >= 4 is 38.4 Å². The van der Waals surface area contributed by atoms with Crippen LogP contribution in [0.5, 0.6) is 0 Å². The van der Waals surface area contributed by atoms with E-state index in [0.717, 1.165) is 20.9 Å². The Morgan fingerprint density at radius 2 is 2.00 bits per heavy atom. The van der Waals surface area contributed by atoms with E-state index in [9.17, 15) is 4.39 Å². The van der Waals surface area contributed by atoms with Crippen molar-refractivity contribution in [2.45, 2.75) is 6.54 Å². The molecule has 0 saturated heterocycles. The lowest BCUT2D eigenvalue weighted by molar-refractivity contribution is 0.624.